The van der Waals surface area contributed by atoms with Crippen molar-refractivity contribution >= 4 is 27.6 Å². The first kappa shape index (κ1) is 23.7. The molecule has 1 heterocycles. The van der Waals surface area contributed by atoms with Gasteiger partial charge in [-0.25, -0.2) is 17.5 Å². The summed E-state index contributed by atoms with van der Waals surface area (Å²) in [7, 11) is -0.867. The average molecular weight is 460 g/mol. The molecule has 2 aromatic carbocycles. The van der Waals surface area contributed by atoms with Crippen molar-refractivity contribution in [1.82, 2.24) is 9.62 Å². The molecule has 9 heteroatoms. The predicted molar refractivity (Wildman–Crippen MR) is 122 cm³/mol. The number of rotatable bonds is 8. The SMILES string of the molecule is C[C@H](OC(=O)c1cc(S(=O)(=O)N(C)C)ccc1N1CCCC1)C(=O)NCc1ccccc1. The zero-order chi connectivity index (χ0) is 23.3. The van der Waals surface area contributed by atoms with E-state index >= 15 is 0 Å². The molecule has 0 aromatic heterocycles. The fourth-order valence-electron chi connectivity index (χ4n) is 3.49. The first-order valence-electron chi connectivity index (χ1n) is 10.5. The molecule has 1 amide bonds. The molecule has 8 nitrogen and oxygen atoms in total. The maximum Gasteiger partial charge on any atom is 0.341 e. The van der Waals surface area contributed by atoms with Crippen LogP contribution in [-0.4, -0.2) is 57.9 Å². The van der Waals surface area contributed by atoms with Gasteiger partial charge in [0.25, 0.3) is 5.91 Å². The maximum atomic E-state index is 13.0. The highest BCUT2D eigenvalue weighted by Crippen LogP contribution is 2.29. The van der Waals surface area contributed by atoms with Crippen LogP contribution in [0.4, 0.5) is 5.69 Å². The van der Waals surface area contributed by atoms with Crippen LogP contribution >= 0.6 is 0 Å². The molecule has 172 valence electrons. The number of ether oxygens (including phenoxy) is 1. The Kier molecular flexibility index (Phi) is 7.52. The monoisotopic (exact) mass is 459 g/mol. The molecule has 1 atom stereocenters. The number of nitrogens with zero attached hydrogens (tertiary/aromatic N) is 2. The van der Waals surface area contributed by atoms with Crippen molar-refractivity contribution in [3.63, 3.8) is 0 Å². The van der Waals surface area contributed by atoms with Gasteiger partial charge in [-0.1, -0.05) is 30.3 Å². The van der Waals surface area contributed by atoms with Gasteiger partial charge in [0.2, 0.25) is 10.0 Å². The van der Waals surface area contributed by atoms with Gasteiger partial charge in [-0.05, 0) is 43.5 Å². The molecular formula is C23H29N3O5S. The molecule has 0 radical (unpaired) electrons. The van der Waals surface area contributed by atoms with E-state index in [4.69, 9.17) is 4.74 Å². The van der Waals surface area contributed by atoms with E-state index in [1.54, 1.807) is 6.07 Å². The fraction of sp³-hybridized carbons (Fsp3) is 0.391. The zero-order valence-corrected chi connectivity index (χ0v) is 19.4. The number of benzene rings is 2. The van der Waals surface area contributed by atoms with Crippen LogP contribution in [0.1, 0.15) is 35.7 Å². The Morgan fingerprint density at radius 3 is 2.38 bits per heavy atom. The van der Waals surface area contributed by atoms with Crippen LogP contribution in [0.5, 0.6) is 0 Å². The Morgan fingerprint density at radius 1 is 1.09 bits per heavy atom. The van der Waals surface area contributed by atoms with Gasteiger partial charge in [0, 0.05) is 33.7 Å². The van der Waals surface area contributed by atoms with E-state index in [9.17, 15) is 18.0 Å². The summed E-state index contributed by atoms with van der Waals surface area (Å²) in [6.45, 7) is 3.35. The first-order chi connectivity index (χ1) is 15.2. The van der Waals surface area contributed by atoms with Gasteiger partial charge in [0.05, 0.1) is 16.1 Å². The summed E-state index contributed by atoms with van der Waals surface area (Å²) in [5.41, 5.74) is 1.68. The van der Waals surface area contributed by atoms with Gasteiger partial charge >= 0.3 is 5.97 Å². The van der Waals surface area contributed by atoms with Crippen LogP contribution in [-0.2, 0) is 26.1 Å². The van der Waals surface area contributed by atoms with E-state index in [1.807, 2.05) is 35.2 Å². The van der Waals surface area contributed by atoms with E-state index in [-0.39, 0.29) is 10.5 Å². The highest BCUT2D eigenvalue weighted by Gasteiger charge is 2.27. The van der Waals surface area contributed by atoms with Crippen LogP contribution < -0.4 is 10.2 Å². The molecule has 2 aromatic rings. The number of sulfonamides is 1. The molecule has 1 saturated heterocycles. The lowest BCUT2D eigenvalue weighted by molar-refractivity contribution is -0.129. The lowest BCUT2D eigenvalue weighted by atomic mass is 10.1. The van der Waals surface area contributed by atoms with Crippen LogP contribution in [0.3, 0.4) is 0 Å². The second-order valence-corrected chi connectivity index (χ2v) is 10.1. The summed E-state index contributed by atoms with van der Waals surface area (Å²) < 4.78 is 31.7. The molecule has 1 N–H and O–H groups in total. The number of anilines is 1. The highest BCUT2D eigenvalue weighted by atomic mass is 32.2. The van der Waals surface area contributed by atoms with Gasteiger partial charge in [0.1, 0.15) is 0 Å². The van der Waals surface area contributed by atoms with E-state index < -0.39 is 28.0 Å². The average Bonchev–Trinajstić information content (AvgIpc) is 3.32. The fourth-order valence-corrected chi connectivity index (χ4v) is 4.42. The molecule has 0 bridgehead atoms. The second kappa shape index (κ2) is 10.1. The van der Waals surface area contributed by atoms with E-state index in [2.05, 4.69) is 5.32 Å². The van der Waals surface area contributed by atoms with Crippen molar-refractivity contribution in [2.75, 3.05) is 32.1 Å². The smallest absolute Gasteiger partial charge is 0.341 e. The third-order valence-electron chi connectivity index (χ3n) is 5.38. The molecule has 0 unspecified atom stereocenters. The number of hydrogen-bond donors (Lipinski definition) is 1. The van der Waals surface area contributed by atoms with Crippen molar-refractivity contribution in [2.45, 2.75) is 37.3 Å². The van der Waals surface area contributed by atoms with Gasteiger partial charge in [0.15, 0.2) is 6.10 Å². The van der Waals surface area contributed by atoms with Crippen LogP contribution in [0.25, 0.3) is 0 Å². The zero-order valence-electron chi connectivity index (χ0n) is 18.6. The van der Waals surface area contributed by atoms with Gasteiger partial charge in [-0.15, -0.1) is 0 Å². The van der Waals surface area contributed by atoms with Gasteiger partial charge in [-0.3, -0.25) is 4.79 Å². The third kappa shape index (κ3) is 5.46. The summed E-state index contributed by atoms with van der Waals surface area (Å²) >= 11 is 0. The molecule has 32 heavy (non-hydrogen) atoms. The topological polar surface area (TPSA) is 96.0 Å². The number of hydrogen-bond acceptors (Lipinski definition) is 6. The molecular weight excluding hydrogens is 430 g/mol. The molecule has 0 aliphatic carbocycles. The minimum atomic E-state index is -3.73. The first-order valence-corrected chi connectivity index (χ1v) is 12.0. The lowest BCUT2D eigenvalue weighted by Crippen LogP contribution is -2.35. The predicted octanol–water partition coefficient (Wildman–Crippen LogP) is 2.40. The summed E-state index contributed by atoms with van der Waals surface area (Å²) in [4.78, 5) is 27.5. The molecule has 0 spiro atoms. The van der Waals surface area contributed by atoms with Crippen LogP contribution in [0.2, 0.25) is 0 Å². The van der Waals surface area contributed by atoms with E-state index in [1.165, 1.54) is 33.2 Å². The standard InChI is InChI=1S/C23H29N3O5S/c1-17(22(27)24-16-18-9-5-4-6-10-18)31-23(28)20-15-19(32(29,30)25(2)3)11-12-21(20)26-13-7-8-14-26/h4-6,9-12,15,17H,7-8,13-14,16H2,1-3H3,(H,24,27)/t17-/m0/s1. The molecule has 0 saturated carbocycles. The Bertz CT molecular complexity index is 1060. The number of carbonyl (C=O) groups is 2. The van der Waals surface area contributed by atoms with Crippen molar-refractivity contribution in [3.05, 3.63) is 59.7 Å². The number of esters is 1. The van der Waals surface area contributed by atoms with Gasteiger partial charge < -0.3 is 15.0 Å². The van der Waals surface area contributed by atoms with Crippen molar-refractivity contribution in [1.29, 1.82) is 0 Å². The van der Waals surface area contributed by atoms with Gasteiger partial charge in [-0.2, -0.15) is 0 Å². The Balaban J connectivity index is 1.79. The molecule has 3 rings (SSSR count). The second-order valence-electron chi connectivity index (χ2n) is 7.91. The highest BCUT2D eigenvalue weighted by molar-refractivity contribution is 7.89. The number of carbonyl (C=O) groups excluding carboxylic acids is 2. The summed E-state index contributed by atoms with van der Waals surface area (Å²) in [5.74, 6) is -1.16. The summed E-state index contributed by atoms with van der Waals surface area (Å²) in [5, 5.41) is 2.75. The Hall–Kier alpha value is -2.91. The van der Waals surface area contributed by atoms with Crippen LogP contribution in [0, 0.1) is 0 Å². The van der Waals surface area contributed by atoms with Crippen molar-refractivity contribution < 1.29 is 22.7 Å². The van der Waals surface area contributed by atoms with E-state index in [0.717, 1.165) is 35.8 Å². The number of nitrogens with one attached hydrogen (secondary N) is 1. The normalized spacial score (nSPS) is 14.9. The quantitative estimate of drug-likeness (QED) is 0.609. The molecule has 1 fully saturated rings. The maximum absolute atomic E-state index is 13.0. The molecule has 1 aliphatic heterocycles. The third-order valence-corrected chi connectivity index (χ3v) is 7.19. The minimum absolute atomic E-state index is 0.00132. The lowest BCUT2D eigenvalue weighted by Gasteiger charge is -2.23. The Labute approximate surface area is 189 Å². The van der Waals surface area contributed by atoms with E-state index in [0.29, 0.717) is 12.2 Å². The van der Waals surface area contributed by atoms with Crippen molar-refractivity contribution in [3.8, 4) is 0 Å². The minimum Gasteiger partial charge on any atom is -0.449 e. The van der Waals surface area contributed by atoms with Crippen molar-refractivity contribution in [2.24, 2.45) is 0 Å². The summed E-state index contributed by atoms with van der Waals surface area (Å²) in [6, 6.07) is 13.9. The largest absolute Gasteiger partial charge is 0.449 e. The van der Waals surface area contributed by atoms with Crippen LogP contribution in [0.15, 0.2) is 53.4 Å². The summed E-state index contributed by atoms with van der Waals surface area (Å²) in [6.07, 6.45) is 0.946. The number of amides is 1. The molecule has 1 aliphatic rings. The Morgan fingerprint density at radius 2 is 1.75 bits per heavy atom.